The molecule has 1 rings (SSSR count). The number of hydrogen-bond acceptors (Lipinski definition) is 3. The molecule has 68 valence electrons. The van der Waals surface area contributed by atoms with Gasteiger partial charge >= 0.3 is 0 Å². The second-order valence-corrected chi connectivity index (χ2v) is 2.51. The third-order valence-electron chi connectivity index (χ3n) is 1.60. The predicted molar refractivity (Wildman–Crippen MR) is 43.1 cm³/mol. The van der Waals surface area contributed by atoms with Crippen molar-refractivity contribution in [2.24, 2.45) is 0 Å². The highest BCUT2D eigenvalue weighted by Crippen LogP contribution is 2.24. The van der Waals surface area contributed by atoms with Crippen LogP contribution in [0.15, 0.2) is 6.07 Å². The van der Waals surface area contributed by atoms with Gasteiger partial charge in [-0.25, -0.2) is 13.8 Å². The summed E-state index contributed by atoms with van der Waals surface area (Å²) in [5, 5.41) is 8.54. The highest BCUT2D eigenvalue weighted by Gasteiger charge is 2.15. The van der Waals surface area contributed by atoms with Crippen molar-refractivity contribution < 1.29 is 8.78 Å². The van der Waals surface area contributed by atoms with Gasteiger partial charge in [-0.05, 0) is 13.0 Å². The number of nitrogens with two attached hydrogens (primary N) is 1. The second kappa shape index (κ2) is 3.35. The Morgan fingerprint density at radius 3 is 2.69 bits per heavy atom. The van der Waals surface area contributed by atoms with E-state index < -0.39 is 12.1 Å². The van der Waals surface area contributed by atoms with Crippen molar-refractivity contribution in [3.8, 4) is 6.07 Å². The van der Waals surface area contributed by atoms with Gasteiger partial charge in [-0.15, -0.1) is 0 Å². The maximum atomic E-state index is 12.2. The van der Waals surface area contributed by atoms with E-state index in [1.54, 1.807) is 0 Å². The average Bonchev–Trinajstić information content (AvgIpc) is 2.07. The van der Waals surface area contributed by atoms with Crippen LogP contribution < -0.4 is 5.73 Å². The molecule has 0 aliphatic rings. The first kappa shape index (κ1) is 9.39. The van der Waals surface area contributed by atoms with Crippen molar-refractivity contribution in [2.75, 3.05) is 5.73 Å². The SMILES string of the molecule is Cc1nc(C(F)F)c(N)cc1C#N. The highest BCUT2D eigenvalue weighted by atomic mass is 19.3. The smallest absolute Gasteiger partial charge is 0.282 e. The molecule has 0 aromatic carbocycles. The molecule has 2 N–H and O–H groups in total. The zero-order chi connectivity index (χ0) is 10.0. The standard InChI is InChI=1S/C8H7F2N3/c1-4-5(3-11)2-6(12)7(13-4)8(9)10/h2,8H,12H2,1H3. The van der Waals surface area contributed by atoms with Gasteiger partial charge in [0.1, 0.15) is 11.8 Å². The number of pyridine rings is 1. The zero-order valence-electron chi connectivity index (χ0n) is 6.88. The molecule has 0 spiro atoms. The molecule has 13 heavy (non-hydrogen) atoms. The normalized spacial score (nSPS) is 10.1. The lowest BCUT2D eigenvalue weighted by Crippen LogP contribution is -2.02. The minimum atomic E-state index is -2.70. The van der Waals surface area contributed by atoms with E-state index in [1.165, 1.54) is 13.0 Å². The van der Waals surface area contributed by atoms with Crippen LogP contribution in [0, 0.1) is 18.3 Å². The molecule has 3 nitrogen and oxygen atoms in total. The van der Waals surface area contributed by atoms with Crippen LogP contribution >= 0.6 is 0 Å². The fraction of sp³-hybridized carbons (Fsp3) is 0.250. The highest BCUT2D eigenvalue weighted by molar-refractivity contribution is 5.51. The van der Waals surface area contributed by atoms with E-state index in [9.17, 15) is 8.78 Å². The molecule has 0 bridgehead atoms. The molecule has 1 aromatic rings. The fourth-order valence-corrected chi connectivity index (χ4v) is 0.927. The molecule has 5 heteroatoms. The number of anilines is 1. The molecule has 0 amide bonds. The molecule has 0 radical (unpaired) electrons. The van der Waals surface area contributed by atoms with Gasteiger partial charge in [0.2, 0.25) is 0 Å². The topological polar surface area (TPSA) is 62.7 Å². The van der Waals surface area contributed by atoms with E-state index in [0.29, 0.717) is 0 Å². The minimum Gasteiger partial charge on any atom is -0.397 e. The third-order valence-corrected chi connectivity index (χ3v) is 1.60. The van der Waals surface area contributed by atoms with E-state index >= 15 is 0 Å². The van der Waals surface area contributed by atoms with Gasteiger partial charge in [0.25, 0.3) is 6.43 Å². The summed E-state index contributed by atoms with van der Waals surface area (Å²) in [5.74, 6) is 0. The number of halogens is 2. The van der Waals surface area contributed by atoms with Crippen molar-refractivity contribution in [2.45, 2.75) is 13.3 Å². The number of hydrogen-bond donors (Lipinski definition) is 1. The molecule has 0 atom stereocenters. The number of nitrogen functional groups attached to an aromatic ring is 1. The first-order valence-corrected chi connectivity index (χ1v) is 3.51. The van der Waals surface area contributed by atoms with Crippen molar-refractivity contribution in [3.05, 3.63) is 23.0 Å². The molecule has 0 aliphatic heterocycles. The Morgan fingerprint density at radius 2 is 2.23 bits per heavy atom. The van der Waals surface area contributed by atoms with Gasteiger partial charge in [0, 0.05) is 0 Å². The summed E-state index contributed by atoms with van der Waals surface area (Å²) in [5.41, 5.74) is 5.16. The van der Waals surface area contributed by atoms with Crippen LogP contribution in [0.4, 0.5) is 14.5 Å². The predicted octanol–water partition coefficient (Wildman–Crippen LogP) is 1.78. The first-order valence-electron chi connectivity index (χ1n) is 3.51. The summed E-state index contributed by atoms with van der Waals surface area (Å²) in [4.78, 5) is 3.55. The minimum absolute atomic E-state index is 0.142. The molecule has 0 aliphatic carbocycles. The van der Waals surface area contributed by atoms with Gasteiger partial charge in [0.05, 0.1) is 16.9 Å². The van der Waals surface area contributed by atoms with Crippen molar-refractivity contribution in [1.82, 2.24) is 4.98 Å². The lowest BCUT2D eigenvalue weighted by atomic mass is 10.2. The van der Waals surface area contributed by atoms with Crippen molar-refractivity contribution >= 4 is 5.69 Å². The van der Waals surface area contributed by atoms with E-state index in [4.69, 9.17) is 11.0 Å². The molecule has 0 unspecified atom stereocenters. The summed E-state index contributed by atoms with van der Waals surface area (Å²) in [6.45, 7) is 1.49. The first-order chi connectivity index (χ1) is 6.06. The van der Waals surface area contributed by atoms with Gasteiger partial charge in [-0.3, -0.25) is 0 Å². The van der Waals surface area contributed by atoms with E-state index in [2.05, 4.69) is 4.98 Å². The molecular weight excluding hydrogens is 176 g/mol. The van der Waals surface area contributed by atoms with Crippen LogP contribution in [0.1, 0.15) is 23.4 Å². The summed E-state index contributed by atoms with van der Waals surface area (Å²) in [6.07, 6.45) is -2.70. The third kappa shape index (κ3) is 1.72. The Kier molecular flexibility index (Phi) is 2.42. The molecule has 0 saturated heterocycles. The molecule has 1 heterocycles. The number of nitrogens with zero attached hydrogens (tertiary/aromatic N) is 2. The number of aryl methyl sites for hydroxylation is 1. The van der Waals surface area contributed by atoms with Gasteiger partial charge in [-0.1, -0.05) is 0 Å². The Bertz CT molecular complexity index is 368. The van der Waals surface area contributed by atoms with E-state index in [0.717, 1.165) is 0 Å². The fourth-order valence-electron chi connectivity index (χ4n) is 0.927. The lowest BCUT2D eigenvalue weighted by Gasteiger charge is -2.05. The summed E-state index contributed by atoms with van der Waals surface area (Å²) in [6, 6.07) is 3.03. The number of rotatable bonds is 1. The van der Waals surface area contributed by atoms with Crippen molar-refractivity contribution in [3.63, 3.8) is 0 Å². The summed E-state index contributed by atoms with van der Waals surface area (Å²) >= 11 is 0. The number of nitriles is 1. The van der Waals surface area contributed by atoms with Crippen LogP contribution in [0.25, 0.3) is 0 Å². The number of aromatic nitrogens is 1. The molecular formula is C8H7F2N3. The Hall–Kier alpha value is -1.70. The average molecular weight is 183 g/mol. The zero-order valence-corrected chi connectivity index (χ0v) is 6.88. The van der Waals surface area contributed by atoms with E-state index in [-0.39, 0.29) is 16.9 Å². The Labute approximate surface area is 73.8 Å². The van der Waals surface area contributed by atoms with Gasteiger partial charge in [0.15, 0.2) is 0 Å². The van der Waals surface area contributed by atoms with Crippen molar-refractivity contribution in [1.29, 1.82) is 5.26 Å². The monoisotopic (exact) mass is 183 g/mol. The van der Waals surface area contributed by atoms with Crippen LogP contribution in [-0.4, -0.2) is 4.98 Å². The van der Waals surface area contributed by atoms with Crippen LogP contribution in [0.5, 0.6) is 0 Å². The Morgan fingerprint density at radius 1 is 1.62 bits per heavy atom. The second-order valence-electron chi connectivity index (χ2n) is 2.51. The summed E-state index contributed by atoms with van der Waals surface area (Å²) in [7, 11) is 0. The summed E-state index contributed by atoms with van der Waals surface area (Å²) < 4.78 is 24.4. The van der Waals surface area contributed by atoms with Crippen LogP contribution in [0.2, 0.25) is 0 Å². The Balaban J connectivity index is 3.31. The maximum Gasteiger partial charge on any atom is 0.282 e. The molecule has 0 saturated carbocycles. The largest absolute Gasteiger partial charge is 0.397 e. The lowest BCUT2D eigenvalue weighted by molar-refractivity contribution is 0.147. The number of alkyl halides is 2. The van der Waals surface area contributed by atoms with Crippen LogP contribution in [0.3, 0.4) is 0 Å². The molecule has 0 fully saturated rings. The maximum absolute atomic E-state index is 12.2. The van der Waals surface area contributed by atoms with Gasteiger partial charge < -0.3 is 5.73 Å². The molecule has 1 aromatic heterocycles. The van der Waals surface area contributed by atoms with Gasteiger partial charge in [-0.2, -0.15) is 5.26 Å². The van der Waals surface area contributed by atoms with E-state index in [1.807, 2.05) is 6.07 Å². The van der Waals surface area contributed by atoms with Crippen LogP contribution in [-0.2, 0) is 0 Å². The quantitative estimate of drug-likeness (QED) is 0.721.